The van der Waals surface area contributed by atoms with Gasteiger partial charge in [-0.15, -0.1) is 0 Å². The molecule has 1 amide bonds. The van der Waals surface area contributed by atoms with Crippen molar-refractivity contribution in [3.63, 3.8) is 0 Å². The number of fused-ring (bicyclic) bond motifs is 1. The van der Waals surface area contributed by atoms with Gasteiger partial charge in [-0.2, -0.15) is 0 Å². The molecule has 0 bridgehead atoms. The van der Waals surface area contributed by atoms with Gasteiger partial charge in [-0.3, -0.25) is 4.79 Å². The molecule has 0 aliphatic carbocycles. The molecule has 3 rings (SSSR count). The maximum Gasteiger partial charge on any atom is 0.223 e. The molecule has 1 fully saturated rings. The number of benzene rings is 1. The summed E-state index contributed by atoms with van der Waals surface area (Å²) >= 11 is 0. The van der Waals surface area contributed by atoms with Gasteiger partial charge in [0.05, 0.1) is 6.61 Å². The molecule has 0 N–H and O–H groups in total. The van der Waals surface area contributed by atoms with Gasteiger partial charge in [0, 0.05) is 19.5 Å². The number of hydrogen-bond acceptors (Lipinski definition) is 2. The standard InChI is InChI=1S/C16H21NO2/c18-16(17-9-4-1-5-10-17)12-13-8-11-19-15-7-3-2-6-14(13)15/h2-3,6-7,13H,1,4-5,8-12H2. The van der Waals surface area contributed by atoms with Gasteiger partial charge < -0.3 is 9.64 Å². The molecule has 19 heavy (non-hydrogen) atoms. The fourth-order valence-electron chi connectivity index (χ4n) is 3.11. The number of para-hydroxylation sites is 1. The highest BCUT2D eigenvalue weighted by molar-refractivity contribution is 5.77. The van der Waals surface area contributed by atoms with Crippen molar-refractivity contribution in [1.29, 1.82) is 0 Å². The average Bonchev–Trinajstić information content (AvgIpc) is 2.48. The van der Waals surface area contributed by atoms with Crippen molar-refractivity contribution in [2.45, 2.75) is 38.0 Å². The zero-order valence-electron chi connectivity index (χ0n) is 11.3. The van der Waals surface area contributed by atoms with E-state index >= 15 is 0 Å². The number of likely N-dealkylation sites (tertiary alicyclic amines) is 1. The molecule has 2 aliphatic rings. The van der Waals surface area contributed by atoms with Crippen LogP contribution in [-0.4, -0.2) is 30.5 Å². The molecule has 0 aromatic heterocycles. The first kappa shape index (κ1) is 12.5. The minimum Gasteiger partial charge on any atom is -0.493 e. The average molecular weight is 259 g/mol. The monoisotopic (exact) mass is 259 g/mol. The predicted molar refractivity (Wildman–Crippen MR) is 74.3 cm³/mol. The number of amides is 1. The van der Waals surface area contributed by atoms with Gasteiger partial charge in [0.2, 0.25) is 5.91 Å². The van der Waals surface area contributed by atoms with E-state index in [9.17, 15) is 4.79 Å². The van der Waals surface area contributed by atoms with Gasteiger partial charge >= 0.3 is 0 Å². The van der Waals surface area contributed by atoms with Crippen molar-refractivity contribution in [2.75, 3.05) is 19.7 Å². The van der Waals surface area contributed by atoms with Crippen LogP contribution < -0.4 is 4.74 Å². The van der Waals surface area contributed by atoms with E-state index in [0.717, 1.165) is 44.7 Å². The summed E-state index contributed by atoms with van der Waals surface area (Å²) in [6, 6.07) is 8.13. The second-order valence-electron chi connectivity index (χ2n) is 5.52. The summed E-state index contributed by atoms with van der Waals surface area (Å²) in [5.74, 6) is 1.62. The first-order valence-electron chi connectivity index (χ1n) is 7.34. The van der Waals surface area contributed by atoms with Crippen LogP contribution in [0.4, 0.5) is 0 Å². The van der Waals surface area contributed by atoms with Crippen molar-refractivity contribution in [1.82, 2.24) is 4.90 Å². The maximum absolute atomic E-state index is 12.4. The molecule has 1 saturated heterocycles. The Kier molecular flexibility index (Phi) is 3.72. The van der Waals surface area contributed by atoms with Gasteiger partial charge in [0.1, 0.15) is 5.75 Å². The number of carbonyl (C=O) groups excluding carboxylic acids is 1. The number of piperidine rings is 1. The highest BCUT2D eigenvalue weighted by Gasteiger charge is 2.26. The van der Waals surface area contributed by atoms with E-state index in [1.54, 1.807) is 0 Å². The summed E-state index contributed by atoms with van der Waals surface area (Å²) in [5.41, 5.74) is 1.21. The molecule has 0 saturated carbocycles. The maximum atomic E-state index is 12.4. The first-order chi connectivity index (χ1) is 9.34. The Balaban J connectivity index is 1.68. The zero-order chi connectivity index (χ0) is 13.1. The van der Waals surface area contributed by atoms with Gasteiger partial charge in [0.15, 0.2) is 0 Å². The van der Waals surface area contributed by atoms with E-state index in [1.807, 2.05) is 23.1 Å². The Labute approximate surface area is 114 Å². The van der Waals surface area contributed by atoms with Crippen molar-refractivity contribution >= 4 is 5.91 Å². The van der Waals surface area contributed by atoms with Crippen LogP contribution in [0.5, 0.6) is 5.75 Å². The van der Waals surface area contributed by atoms with Crippen LogP contribution in [0.15, 0.2) is 24.3 Å². The molecule has 0 spiro atoms. The lowest BCUT2D eigenvalue weighted by atomic mass is 9.89. The summed E-state index contributed by atoms with van der Waals surface area (Å²) in [7, 11) is 0. The number of carbonyl (C=O) groups is 1. The third kappa shape index (κ3) is 2.75. The zero-order valence-corrected chi connectivity index (χ0v) is 11.3. The molecule has 1 aromatic rings. The van der Waals surface area contributed by atoms with Crippen LogP contribution in [-0.2, 0) is 4.79 Å². The van der Waals surface area contributed by atoms with Crippen LogP contribution in [0.2, 0.25) is 0 Å². The van der Waals surface area contributed by atoms with E-state index in [4.69, 9.17) is 4.74 Å². The Morgan fingerprint density at radius 2 is 2.00 bits per heavy atom. The fourth-order valence-corrected chi connectivity index (χ4v) is 3.11. The second-order valence-corrected chi connectivity index (χ2v) is 5.52. The highest BCUT2D eigenvalue weighted by Crippen LogP contribution is 2.35. The van der Waals surface area contributed by atoms with E-state index < -0.39 is 0 Å². The molecule has 2 aliphatic heterocycles. The number of ether oxygens (including phenoxy) is 1. The largest absolute Gasteiger partial charge is 0.493 e. The summed E-state index contributed by atoms with van der Waals surface area (Å²) in [4.78, 5) is 14.4. The van der Waals surface area contributed by atoms with Crippen LogP contribution in [0, 0.1) is 0 Å². The van der Waals surface area contributed by atoms with Crippen molar-refractivity contribution in [2.24, 2.45) is 0 Å². The van der Waals surface area contributed by atoms with Gasteiger partial charge in [-0.1, -0.05) is 18.2 Å². The lowest BCUT2D eigenvalue weighted by molar-refractivity contribution is -0.132. The summed E-state index contributed by atoms with van der Waals surface area (Å²) in [5, 5.41) is 0. The highest BCUT2D eigenvalue weighted by atomic mass is 16.5. The molecule has 0 radical (unpaired) electrons. The minimum atomic E-state index is 0.321. The fraction of sp³-hybridized carbons (Fsp3) is 0.562. The smallest absolute Gasteiger partial charge is 0.223 e. The quantitative estimate of drug-likeness (QED) is 0.817. The molecule has 1 aromatic carbocycles. The SMILES string of the molecule is O=C(CC1CCOc2ccccc21)N1CCCCC1. The van der Waals surface area contributed by atoms with Gasteiger partial charge in [-0.05, 0) is 43.2 Å². The number of nitrogens with zero attached hydrogens (tertiary/aromatic N) is 1. The van der Waals surface area contributed by atoms with E-state index in [0.29, 0.717) is 18.2 Å². The number of rotatable bonds is 2. The van der Waals surface area contributed by atoms with Gasteiger partial charge in [-0.25, -0.2) is 0 Å². The molecular weight excluding hydrogens is 238 g/mol. The van der Waals surface area contributed by atoms with Crippen LogP contribution in [0.3, 0.4) is 0 Å². The third-order valence-electron chi connectivity index (χ3n) is 4.21. The lowest BCUT2D eigenvalue weighted by Gasteiger charge is -2.30. The van der Waals surface area contributed by atoms with Crippen molar-refractivity contribution < 1.29 is 9.53 Å². The Bertz CT molecular complexity index is 452. The van der Waals surface area contributed by atoms with Crippen LogP contribution >= 0.6 is 0 Å². The summed E-state index contributed by atoms with van der Waals surface area (Å²) < 4.78 is 5.66. The molecule has 1 atom stereocenters. The minimum absolute atomic E-state index is 0.321. The van der Waals surface area contributed by atoms with Gasteiger partial charge in [0.25, 0.3) is 0 Å². The number of hydrogen-bond donors (Lipinski definition) is 0. The Morgan fingerprint density at radius 1 is 1.21 bits per heavy atom. The normalized spacial score (nSPS) is 22.5. The van der Waals surface area contributed by atoms with Crippen LogP contribution in [0.25, 0.3) is 0 Å². The van der Waals surface area contributed by atoms with Crippen LogP contribution in [0.1, 0.15) is 43.6 Å². The predicted octanol–water partition coefficient (Wildman–Crippen LogP) is 2.96. The third-order valence-corrected chi connectivity index (χ3v) is 4.21. The molecule has 3 heteroatoms. The van der Waals surface area contributed by atoms with Crippen molar-refractivity contribution in [3.05, 3.63) is 29.8 Å². The Hall–Kier alpha value is -1.51. The molecule has 1 unspecified atom stereocenters. The van der Waals surface area contributed by atoms with Crippen molar-refractivity contribution in [3.8, 4) is 5.75 Å². The lowest BCUT2D eigenvalue weighted by Crippen LogP contribution is -2.36. The molecular formula is C16H21NO2. The molecule has 2 heterocycles. The van der Waals surface area contributed by atoms with E-state index in [-0.39, 0.29) is 0 Å². The molecule has 102 valence electrons. The summed E-state index contributed by atoms with van der Waals surface area (Å²) in [6.07, 6.45) is 5.19. The van der Waals surface area contributed by atoms with E-state index in [1.165, 1.54) is 12.0 Å². The summed E-state index contributed by atoms with van der Waals surface area (Å²) in [6.45, 7) is 2.63. The van der Waals surface area contributed by atoms with E-state index in [2.05, 4.69) is 6.07 Å². The first-order valence-corrected chi connectivity index (χ1v) is 7.34. The second kappa shape index (κ2) is 5.64. The Morgan fingerprint density at radius 3 is 2.84 bits per heavy atom. The molecule has 3 nitrogen and oxygen atoms in total. The topological polar surface area (TPSA) is 29.5 Å².